The number of carbonyl (C=O) groups excluding carboxylic acids is 1. The van der Waals surface area contributed by atoms with Gasteiger partial charge in [0.25, 0.3) is 0 Å². The Kier molecular flexibility index (Phi) is 7.42. The summed E-state index contributed by atoms with van der Waals surface area (Å²) in [6.45, 7) is 13.5. The maximum absolute atomic E-state index is 14.1. The van der Waals surface area contributed by atoms with E-state index in [0.29, 0.717) is 5.57 Å². The molecule has 0 unspecified atom stereocenters. The second-order valence-corrected chi connectivity index (χ2v) is 16.0. The van der Waals surface area contributed by atoms with Crippen molar-refractivity contribution in [1.29, 1.82) is 0 Å². The molecule has 1 amide bonds. The van der Waals surface area contributed by atoms with Crippen LogP contribution in [0.3, 0.4) is 0 Å². The third kappa shape index (κ3) is 4.67. The third-order valence-electron chi connectivity index (χ3n) is 11.8. The number of aliphatic carboxylic acids is 1. The zero-order valence-corrected chi connectivity index (χ0v) is 27.0. The summed E-state index contributed by atoms with van der Waals surface area (Å²) in [5.41, 5.74) is 8.12. The molecule has 0 aromatic heterocycles. The molecule has 2 bridgehead atoms. The van der Waals surface area contributed by atoms with Crippen LogP contribution in [0.5, 0.6) is 0 Å². The fourth-order valence-electron chi connectivity index (χ4n) is 9.07. The fraction of sp³-hybridized carbons (Fsp3) is 0.576. The highest BCUT2D eigenvalue weighted by molar-refractivity contribution is 7.89. The molecule has 4 N–H and O–H groups in total. The summed E-state index contributed by atoms with van der Waals surface area (Å²) in [6, 6.07) is 9.18. The average molecular weight is 640 g/mol. The maximum Gasteiger partial charge on any atom is 0.352 e. The Balaban J connectivity index is 1.14. The molecular weight excluding hydrogens is 594 g/mol. The van der Waals surface area contributed by atoms with Gasteiger partial charge in [0.05, 0.1) is 36.0 Å². The summed E-state index contributed by atoms with van der Waals surface area (Å²) >= 11 is 0. The van der Waals surface area contributed by atoms with Crippen LogP contribution in [0.4, 0.5) is 0 Å². The molecule has 0 aliphatic carbocycles. The third-order valence-corrected chi connectivity index (χ3v) is 13.7. The quantitative estimate of drug-likeness (QED) is 0.261. The van der Waals surface area contributed by atoms with Gasteiger partial charge in [0.15, 0.2) is 0 Å². The molecule has 45 heavy (non-hydrogen) atoms. The van der Waals surface area contributed by atoms with Gasteiger partial charge in [-0.3, -0.25) is 4.79 Å². The Morgan fingerprint density at radius 3 is 2.36 bits per heavy atom. The van der Waals surface area contributed by atoms with E-state index in [1.165, 1.54) is 72.0 Å². The van der Waals surface area contributed by atoms with Crippen LogP contribution in [0.25, 0.3) is 10.8 Å². The number of β-lactam (4-membered cyclic amide) rings is 1. The minimum absolute atomic E-state index is 0.124. The molecule has 4 fully saturated rings. The highest BCUT2D eigenvalue weighted by Crippen LogP contribution is 2.48. The number of amides is 1. The van der Waals surface area contributed by atoms with Gasteiger partial charge in [-0.1, -0.05) is 31.2 Å². The Labute approximate surface area is 264 Å². The number of sulfonamides is 1. The molecule has 6 aliphatic heterocycles. The summed E-state index contributed by atoms with van der Waals surface area (Å²) < 4.78 is 31.9. The number of benzene rings is 2. The van der Waals surface area contributed by atoms with Crippen LogP contribution in [0.2, 0.25) is 0 Å². The first kappa shape index (κ1) is 30.8. The van der Waals surface area contributed by atoms with Gasteiger partial charge in [-0.15, -0.1) is 0 Å². The molecule has 0 spiro atoms. The van der Waals surface area contributed by atoms with Crippen molar-refractivity contribution in [2.24, 2.45) is 17.6 Å². The normalized spacial score (nSPS) is 32.6. The summed E-state index contributed by atoms with van der Waals surface area (Å²) in [7, 11) is -3.95. The van der Waals surface area contributed by atoms with Crippen molar-refractivity contribution in [3.8, 4) is 0 Å². The number of aliphatic hydroxyl groups is 1. The minimum Gasteiger partial charge on any atom is -0.477 e. The second kappa shape index (κ2) is 10.9. The van der Waals surface area contributed by atoms with Gasteiger partial charge in [0, 0.05) is 37.2 Å². The first-order valence-corrected chi connectivity index (χ1v) is 17.8. The van der Waals surface area contributed by atoms with Crippen molar-refractivity contribution in [3.05, 3.63) is 52.7 Å². The highest BCUT2D eigenvalue weighted by atomic mass is 32.2. The molecule has 4 atom stereocenters. The van der Waals surface area contributed by atoms with Crippen LogP contribution in [0.15, 0.2) is 46.5 Å². The number of carboxylic acids is 1. The molecule has 6 aliphatic rings. The van der Waals surface area contributed by atoms with E-state index in [1.807, 2.05) is 31.2 Å². The van der Waals surface area contributed by atoms with E-state index in [0.717, 1.165) is 46.8 Å². The van der Waals surface area contributed by atoms with Crippen molar-refractivity contribution in [1.82, 2.24) is 9.21 Å². The fourth-order valence-corrected chi connectivity index (χ4v) is 10.7. The van der Waals surface area contributed by atoms with Crippen molar-refractivity contribution in [2.75, 3.05) is 65.4 Å². The monoisotopic (exact) mass is 639 g/mol. The van der Waals surface area contributed by atoms with Gasteiger partial charge < -0.3 is 29.8 Å². The second-order valence-electron chi connectivity index (χ2n) is 14.1. The molecule has 11 nitrogen and oxygen atoms in total. The van der Waals surface area contributed by atoms with Gasteiger partial charge in [-0.05, 0) is 41.6 Å². The number of aliphatic hydroxyl groups excluding tert-OH is 1. The number of rotatable bonds is 10. The SMILES string of the molecule is C[C@@H](O)[C@H]1C(=O)N2C(C(=O)O)=C(CN3Cc4cccc5c(CC[N+]67CC[N+](CCCN)(CC6)CC7)ccc(c45)S3(=O)=O)[C@H](C)[C@H]12. The predicted octanol–water partition coefficient (Wildman–Crippen LogP) is 1.09. The number of hydrogen-bond acceptors (Lipinski definition) is 6. The van der Waals surface area contributed by atoms with Crippen LogP contribution in [-0.4, -0.2) is 126 Å². The van der Waals surface area contributed by atoms with E-state index >= 15 is 0 Å². The molecule has 2 aromatic rings. The Morgan fingerprint density at radius 2 is 1.73 bits per heavy atom. The number of hydrogen-bond donors (Lipinski definition) is 3. The number of carbonyl (C=O) groups is 2. The predicted molar refractivity (Wildman–Crippen MR) is 168 cm³/mol. The summed E-state index contributed by atoms with van der Waals surface area (Å²) in [4.78, 5) is 26.7. The molecular formula is C33H45N5O6S+2. The van der Waals surface area contributed by atoms with Crippen LogP contribution in [0.1, 0.15) is 31.4 Å². The topological polar surface area (TPSA) is 141 Å². The number of piperazine rings is 3. The maximum atomic E-state index is 14.1. The van der Waals surface area contributed by atoms with Gasteiger partial charge >= 0.3 is 5.97 Å². The van der Waals surface area contributed by atoms with Crippen LogP contribution in [-0.2, 0) is 32.6 Å². The molecule has 12 heteroatoms. The Morgan fingerprint density at radius 1 is 1.07 bits per heavy atom. The smallest absolute Gasteiger partial charge is 0.352 e. The highest BCUT2D eigenvalue weighted by Gasteiger charge is 2.60. The lowest BCUT2D eigenvalue weighted by atomic mass is 9.78. The number of carboxylic acid groups (broad SMARTS) is 1. The molecule has 4 saturated heterocycles. The molecule has 8 rings (SSSR count). The number of quaternary nitrogens is 2. The van der Waals surface area contributed by atoms with Gasteiger partial charge in [-0.25, -0.2) is 13.2 Å². The standard InChI is InChI=1S/C33H44N5O6S/c1-21-26(31(33(41)42)36-30(21)28(22(2)39)32(36)40)20-35-19-24-5-3-6-25-23(7-8-27(29(24)25)45(35,43)44)9-12-38-16-13-37(14-17-38,15-18-38)11-4-10-34/h3,5-8,21-22,28,30,39H,4,9-20,34H2,1-2H3/q+1/p+1/t21-,22+,28+,30+,37?,38?/m0/s1. The van der Waals surface area contributed by atoms with Crippen molar-refractivity contribution < 1.29 is 37.2 Å². The molecule has 242 valence electrons. The number of fused-ring (bicyclic) bond motifs is 4. The van der Waals surface area contributed by atoms with Crippen LogP contribution in [0, 0.1) is 11.8 Å². The lowest BCUT2D eigenvalue weighted by molar-refractivity contribution is -1.08. The molecule has 2 aromatic carbocycles. The number of nitrogens with zero attached hydrogens (tertiary/aromatic N) is 4. The van der Waals surface area contributed by atoms with Crippen molar-refractivity contribution in [3.63, 3.8) is 0 Å². The minimum atomic E-state index is -3.95. The molecule has 0 radical (unpaired) electrons. The van der Waals surface area contributed by atoms with Crippen molar-refractivity contribution >= 4 is 32.7 Å². The first-order chi connectivity index (χ1) is 21.4. The van der Waals surface area contributed by atoms with E-state index in [4.69, 9.17) is 5.73 Å². The number of nitrogens with two attached hydrogens (primary N) is 1. The largest absolute Gasteiger partial charge is 0.477 e. The summed E-state index contributed by atoms with van der Waals surface area (Å²) in [5.74, 6) is -2.78. The first-order valence-electron chi connectivity index (χ1n) is 16.3. The van der Waals surface area contributed by atoms with Gasteiger partial charge in [-0.2, -0.15) is 4.31 Å². The average Bonchev–Trinajstić information content (AvgIpc) is 3.26. The van der Waals surface area contributed by atoms with E-state index in [-0.39, 0.29) is 23.7 Å². The van der Waals surface area contributed by atoms with Crippen LogP contribution >= 0.6 is 0 Å². The zero-order valence-electron chi connectivity index (χ0n) is 26.2. The van der Waals surface area contributed by atoms with Gasteiger partial charge in [0.2, 0.25) is 15.9 Å². The summed E-state index contributed by atoms with van der Waals surface area (Å²) in [5, 5.41) is 22.0. The van der Waals surface area contributed by atoms with Crippen LogP contribution < -0.4 is 5.73 Å². The van der Waals surface area contributed by atoms with E-state index in [1.54, 1.807) is 6.07 Å². The Hall–Kier alpha value is -2.87. The lowest BCUT2D eigenvalue weighted by Gasteiger charge is -2.55. The van der Waals surface area contributed by atoms with E-state index in [9.17, 15) is 28.2 Å². The van der Waals surface area contributed by atoms with Crippen molar-refractivity contribution in [2.45, 2.75) is 50.3 Å². The zero-order chi connectivity index (χ0) is 31.9. The summed E-state index contributed by atoms with van der Waals surface area (Å²) in [6.07, 6.45) is 1.05. The van der Waals surface area contributed by atoms with E-state index in [2.05, 4.69) is 0 Å². The Bertz CT molecular complexity index is 1700. The molecule has 6 heterocycles. The van der Waals surface area contributed by atoms with E-state index < -0.39 is 45.9 Å². The lowest BCUT2D eigenvalue weighted by Crippen LogP contribution is -2.75. The van der Waals surface area contributed by atoms with Gasteiger partial charge in [0.1, 0.15) is 45.0 Å². The molecule has 0 saturated carbocycles.